The molecule has 7 heteroatoms. The van der Waals surface area contributed by atoms with E-state index < -0.39 is 0 Å². The number of fused-ring (bicyclic) bond motifs is 1. The number of carbonyl (C=O) groups excluding carboxylic acids is 1. The summed E-state index contributed by atoms with van der Waals surface area (Å²) in [5, 5.41) is 7.18. The Morgan fingerprint density at radius 1 is 1.20 bits per heavy atom. The molecule has 1 aromatic rings. The summed E-state index contributed by atoms with van der Waals surface area (Å²) in [4.78, 5) is 20.9. The van der Waals surface area contributed by atoms with Crippen LogP contribution in [0, 0.1) is 0 Å². The van der Waals surface area contributed by atoms with Gasteiger partial charge in [-0.05, 0) is 31.9 Å². The number of ether oxygens (including phenoxy) is 1. The minimum atomic E-state index is -0.00198. The van der Waals surface area contributed by atoms with Gasteiger partial charge in [-0.15, -0.1) is 0 Å². The molecule has 0 saturated carbocycles. The number of carbonyl (C=O) groups is 1. The lowest BCUT2D eigenvalue weighted by Crippen LogP contribution is -2.50. The van der Waals surface area contributed by atoms with Crippen molar-refractivity contribution in [3.63, 3.8) is 0 Å². The van der Waals surface area contributed by atoms with E-state index >= 15 is 0 Å². The zero-order chi connectivity index (χ0) is 21.3. The molecule has 0 aliphatic carbocycles. The first-order valence-electron chi connectivity index (χ1n) is 11.3. The fourth-order valence-corrected chi connectivity index (χ4v) is 3.95. The molecule has 7 nitrogen and oxygen atoms in total. The molecule has 1 saturated heterocycles. The molecule has 2 heterocycles. The second-order valence-electron chi connectivity index (χ2n) is 8.44. The first-order valence-corrected chi connectivity index (χ1v) is 11.3. The topological polar surface area (TPSA) is 69.2 Å². The maximum atomic E-state index is 12.1. The highest BCUT2D eigenvalue weighted by atomic mass is 16.5. The van der Waals surface area contributed by atoms with Gasteiger partial charge in [0.1, 0.15) is 12.3 Å². The summed E-state index contributed by atoms with van der Waals surface area (Å²) in [6.45, 7) is 6.48. The molecule has 2 aliphatic rings. The second kappa shape index (κ2) is 11.2. The number of rotatable bonds is 7. The minimum absolute atomic E-state index is 0.00198. The predicted molar refractivity (Wildman–Crippen MR) is 121 cm³/mol. The van der Waals surface area contributed by atoms with E-state index in [0.717, 1.165) is 49.6 Å². The van der Waals surface area contributed by atoms with E-state index in [0.29, 0.717) is 12.6 Å². The Balaban J connectivity index is 1.64. The number of unbranched alkanes of at least 4 members (excludes halogenated alkanes) is 1. The quantitative estimate of drug-likeness (QED) is 0.529. The molecular weight excluding hydrogens is 378 g/mol. The van der Waals surface area contributed by atoms with Gasteiger partial charge in [0.15, 0.2) is 5.96 Å². The van der Waals surface area contributed by atoms with Crippen LogP contribution in [0.4, 0.5) is 0 Å². The summed E-state index contributed by atoms with van der Waals surface area (Å²) in [6.07, 6.45) is 5.56. The smallest absolute Gasteiger partial charge is 0.243 e. The molecule has 1 atom stereocenters. The normalized spacial score (nSPS) is 20.2. The average molecular weight is 416 g/mol. The Labute approximate surface area is 180 Å². The molecule has 1 fully saturated rings. The molecule has 166 valence electrons. The Morgan fingerprint density at radius 3 is 2.70 bits per heavy atom. The molecule has 0 spiro atoms. The van der Waals surface area contributed by atoms with E-state index in [-0.39, 0.29) is 18.5 Å². The van der Waals surface area contributed by atoms with Crippen LogP contribution in [-0.2, 0) is 4.79 Å². The van der Waals surface area contributed by atoms with Gasteiger partial charge in [-0.25, -0.2) is 4.99 Å². The van der Waals surface area contributed by atoms with Gasteiger partial charge in [-0.3, -0.25) is 4.79 Å². The van der Waals surface area contributed by atoms with Crippen LogP contribution in [0.1, 0.15) is 50.6 Å². The molecule has 30 heavy (non-hydrogen) atoms. The zero-order valence-corrected chi connectivity index (χ0v) is 18.7. The van der Waals surface area contributed by atoms with Crippen molar-refractivity contribution in [2.24, 2.45) is 4.99 Å². The van der Waals surface area contributed by atoms with Crippen LogP contribution in [0.3, 0.4) is 0 Å². The van der Waals surface area contributed by atoms with Crippen molar-refractivity contribution in [1.29, 1.82) is 0 Å². The molecule has 1 amide bonds. The number of nitrogens with zero attached hydrogens (tertiary/aromatic N) is 3. The van der Waals surface area contributed by atoms with Gasteiger partial charge < -0.3 is 25.2 Å². The highest BCUT2D eigenvalue weighted by molar-refractivity contribution is 5.85. The van der Waals surface area contributed by atoms with Crippen molar-refractivity contribution in [1.82, 2.24) is 20.4 Å². The van der Waals surface area contributed by atoms with E-state index in [1.54, 1.807) is 19.0 Å². The molecular formula is C23H37N5O2. The van der Waals surface area contributed by atoms with E-state index in [2.05, 4.69) is 33.5 Å². The Bertz CT molecular complexity index is 713. The highest BCUT2D eigenvalue weighted by Crippen LogP contribution is 2.31. The van der Waals surface area contributed by atoms with E-state index in [1.807, 2.05) is 18.2 Å². The van der Waals surface area contributed by atoms with Gasteiger partial charge in [0.05, 0.1) is 12.6 Å². The summed E-state index contributed by atoms with van der Waals surface area (Å²) in [5.74, 6) is 1.64. The second-order valence-corrected chi connectivity index (χ2v) is 8.44. The summed E-state index contributed by atoms with van der Waals surface area (Å²) in [6, 6.07) is 8.64. The lowest BCUT2D eigenvalue weighted by Gasteiger charge is -2.34. The molecule has 1 unspecified atom stereocenters. The lowest BCUT2D eigenvalue weighted by molar-refractivity contribution is -0.127. The number of benzene rings is 1. The SMILES string of the molecule is CCCCN1CCC(NC(=NCC(=O)N(C)C)NC2CCOc3ccccc32)CC1. The van der Waals surface area contributed by atoms with Crippen molar-refractivity contribution in [3.8, 4) is 5.75 Å². The number of guanidine groups is 1. The fourth-order valence-electron chi connectivity index (χ4n) is 3.95. The van der Waals surface area contributed by atoms with Gasteiger partial charge in [0, 0.05) is 45.2 Å². The van der Waals surface area contributed by atoms with Gasteiger partial charge in [0.2, 0.25) is 5.91 Å². The van der Waals surface area contributed by atoms with E-state index in [4.69, 9.17) is 4.74 Å². The summed E-state index contributed by atoms with van der Waals surface area (Å²) in [5.41, 5.74) is 1.14. The third kappa shape index (κ3) is 6.36. The third-order valence-corrected chi connectivity index (χ3v) is 5.90. The number of amides is 1. The standard InChI is InChI=1S/C23H37N5O2/c1-4-5-13-28-14-10-18(11-15-28)25-23(24-17-22(29)27(2)3)26-20-12-16-30-21-9-7-6-8-19(20)21/h6-9,18,20H,4-5,10-17H2,1-3H3,(H2,24,25,26). The average Bonchev–Trinajstić information content (AvgIpc) is 2.77. The van der Waals surface area contributed by atoms with Crippen LogP contribution in [0.5, 0.6) is 5.75 Å². The Morgan fingerprint density at radius 2 is 1.97 bits per heavy atom. The highest BCUT2D eigenvalue weighted by Gasteiger charge is 2.24. The number of hydrogen-bond acceptors (Lipinski definition) is 4. The van der Waals surface area contributed by atoms with Crippen molar-refractivity contribution < 1.29 is 9.53 Å². The number of likely N-dealkylation sites (tertiary alicyclic amines) is 1. The first-order chi connectivity index (χ1) is 14.6. The van der Waals surface area contributed by atoms with Crippen LogP contribution in [0.25, 0.3) is 0 Å². The molecule has 0 radical (unpaired) electrons. The molecule has 3 rings (SSSR count). The molecule has 0 bridgehead atoms. The largest absolute Gasteiger partial charge is 0.493 e. The molecule has 2 N–H and O–H groups in total. The number of aliphatic imine (C=N–C) groups is 1. The fraction of sp³-hybridized carbons (Fsp3) is 0.652. The first kappa shape index (κ1) is 22.4. The number of para-hydroxylation sites is 1. The summed E-state index contributed by atoms with van der Waals surface area (Å²) < 4.78 is 5.79. The molecule has 0 aromatic heterocycles. The lowest BCUT2D eigenvalue weighted by atomic mass is 10.0. The van der Waals surface area contributed by atoms with Gasteiger partial charge in [0.25, 0.3) is 0 Å². The van der Waals surface area contributed by atoms with Crippen LogP contribution < -0.4 is 15.4 Å². The van der Waals surface area contributed by atoms with Gasteiger partial charge >= 0.3 is 0 Å². The zero-order valence-electron chi connectivity index (χ0n) is 18.7. The van der Waals surface area contributed by atoms with Gasteiger partial charge in [-0.2, -0.15) is 0 Å². The van der Waals surface area contributed by atoms with Crippen molar-refractivity contribution in [2.75, 3.05) is 46.9 Å². The predicted octanol–water partition coefficient (Wildman–Crippen LogP) is 2.40. The number of hydrogen-bond donors (Lipinski definition) is 2. The van der Waals surface area contributed by atoms with Crippen molar-refractivity contribution in [2.45, 2.75) is 51.1 Å². The van der Waals surface area contributed by atoms with Crippen molar-refractivity contribution >= 4 is 11.9 Å². The monoisotopic (exact) mass is 415 g/mol. The van der Waals surface area contributed by atoms with Crippen LogP contribution in [-0.4, -0.2) is 74.6 Å². The van der Waals surface area contributed by atoms with Gasteiger partial charge in [-0.1, -0.05) is 31.5 Å². The summed E-state index contributed by atoms with van der Waals surface area (Å²) in [7, 11) is 3.53. The number of piperidine rings is 1. The molecule has 2 aliphatic heterocycles. The van der Waals surface area contributed by atoms with E-state index in [1.165, 1.54) is 19.4 Å². The van der Waals surface area contributed by atoms with Crippen LogP contribution in [0.15, 0.2) is 29.3 Å². The maximum Gasteiger partial charge on any atom is 0.243 e. The maximum absolute atomic E-state index is 12.1. The Hall–Kier alpha value is -2.28. The summed E-state index contributed by atoms with van der Waals surface area (Å²) >= 11 is 0. The third-order valence-electron chi connectivity index (χ3n) is 5.90. The van der Waals surface area contributed by atoms with Crippen LogP contribution >= 0.6 is 0 Å². The number of likely N-dealkylation sites (N-methyl/N-ethyl adjacent to an activating group) is 1. The van der Waals surface area contributed by atoms with Crippen LogP contribution in [0.2, 0.25) is 0 Å². The van der Waals surface area contributed by atoms with E-state index in [9.17, 15) is 4.79 Å². The van der Waals surface area contributed by atoms with Crippen molar-refractivity contribution in [3.05, 3.63) is 29.8 Å². The Kier molecular flexibility index (Phi) is 8.37. The molecule has 1 aromatic carbocycles. The number of nitrogens with one attached hydrogen (secondary N) is 2. The minimum Gasteiger partial charge on any atom is -0.493 e.